The summed E-state index contributed by atoms with van der Waals surface area (Å²) in [5.41, 5.74) is 3.05. The molecule has 0 aliphatic rings. The van der Waals surface area contributed by atoms with Gasteiger partial charge in [-0.2, -0.15) is 15.8 Å². The molecule has 178 valence electrons. The topological polar surface area (TPSA) is 71.4 Å². The van der Waals surface area contributed by atoms with Crippen molar-refractivity contribution < 1.29 is 8.80 Å². The minimum Gasteiger partial charge on any atom is -0.472 e. The lowest BCUT2D eigenvalue weighted by Gasteiger charge is -2.14. The number of benzene rings is 3. The van der Waals surface area contributed by atoms with Crippen LogP contribution in [0.3, 0.4) is 0 Å². The Balaban J connectivity index is 0.000000877. The summed E-state index contributed by atoms with van der Waals surface area (Å²) in [5.74, 6) is 15.9. The van der Waals surface area contributed by atoms with Crippen molar-refractivity contribution in [2.45, 2.75) is 0 Å². The zero-order valence-electron chi connectivity index (χ0n) is 21.2. The molecule has 37 heavy (non-hydrogen) atoms. The van der Waals surface area contributed by atoms with E-state index in [2.05, 4.69) is 63.4 Å². The Hall–Kier alpha value is -5.24. The summed E-state index contributed by atoms with van der Waals surface area (Å²) in [5, 5.41) is 26.7. The number of hydrogen-bond donors (Lipinski definition) is 0. The Morgan fingerprint density at radius 1 is 0.486 bits per heavy atom. The monoisotopic (exact) mass is 482 g/mol. The maximum Gasteiger partial charge on any atom is 0.358 e. The van der Waals surface area contributed by atoms with Gasteiger partial charge in [-0.1, -0.05) is 0 Å². The highest BCUT2D eigenvalue weighted by Gasteiger charge is 2.14. The molecule has 0 aliphatic carbocycles. The van der Waals surface area contributed by atoms with Gasteiger partial charge >= 0.3 is 6.42 Å². The van der Waals surface area contributed by atoms with E-state index in [1.807, 2.05) is 18.2 Å². The van der Waals surface area contributed by atoms with Crippen molar-refractivity contribution >= 4 is 6.42 Å². The average molecular weight is 482 g/mol. The third-order valence-corrected chi connectivity index (χ3v) is 4.29. The van der Waals surface area contributed by atoms with Gasteiger partial charge < -0.3 is 8.80 Å². The fourth-order valence-electron chi connectivity index (χ4n) is 2.54. The molecule has 0 amide bonds. The second-order valence-electron chi connectivity index (χ2n) is 9.32. The molecule has 3 aromatic carbocycles. The van der Waals surface area contributed by atoms with Crippen molar-refractivity contribution in [2.75, 3.05) is 28.2 Å². The molecule has 0 saturated heterocycles. The summed E-state index contributed by atoms with van der Waals surface area (Å²) in [4.78, 5) is 0. The summed E-state index contributed by atoms with van der Waals surface area (Å²) in [6.45, 7) is 0. The molecule has 0 unspecified atom stereocenters. The molecular formula is C31H24BFN4. The zero-order valence-corrected chi connectivity index (χ0v) is 21.2. The van der Waals surface area contributed by atoms with Gasteiger partial charge in [-0.25, -0.2) is 17.5 Å². The van der Waals surface area contributed by atoms with Crippen LogP contribution in [0.4, 0.5) is 4.32 Å². The molecule has 0 bridgehead atoms. The van der Waals surface area contributed by atoms with E-state index in [-0.39, 0.29) is 0 Å². The SMILES string of the molecule is C[N+](C)(C)C.N#Cc1ccc(C#C[B-](F)(C#Cc2ccc(C#N)cc2)C#Cc2ccc(C#N)cc2)cc1. The van der Waals surface area contributed by atoms with E-state index in [4.69, 9.17) is 15.8 Å². The Morgan fingerprint density at radius 3 is 0.865 bits per heavy atom. The number of rotatable bonds is 0. The Labute approximate surface area is 218 Å². The fourth-order valence-corrected chi connectivity index (χ4v) is 2.54. The van der Waals surface area contributed by atoms with E-state index in [0.29, 0.717) is 33.4 Å². The van der Waals surface area contributed by atoms with Gasteiger partial charge in [-0.05, 0) is 72.8 Å². The smallest absolute Gasteiger partial charge is 0.358 e. The first kappa shape index (κ1) is 28.0. The number of nitriles is 3. The van der Waals surface area contributed by atoms with Crippen LogP contribution in [0.15, 0.2) is 72.8 Å². The molecule has 0 aliphatic heterocycles. The molecular weight excluding hydrogens is 458 g/mol. The Morgan fingerprint density at radius 2 is 0.676 bits per heavy atom. The van der Waals surface area contributed by atoms with Crippen LogP contribution in [0, 0.1) is 69.2 Å². The highest BCUT2D eigenvalue weighted by Crippen LogP contribution is 2.08. The van der Waals surface area contributed by atoms with Crippen molar-refractivity contribution in [2.24, 2.45) is 0 Å². The van der Waals surface area contributed by atoms with E-state index >= 15 is 4.32 Å². The molecule has 0 spiro atoms. The van der Waals surface area contributed by atoms with Crippen LogP contribution in [-0.2, 0) is 0 Å². The van der Waals surface area contributed by atoms with Gasteiger partial charge in [0.05, 0.1) is 63.1 Å². The molecule has 0 fully saturated rings. The Bertz CT molecular complexity index is 1360. The molecule has 4 nitrogen and oxygen atoms in total. The Kier molecular flexibility index (Phi) is 9.85. The number of quaternary nitrogens is 1. The lowest BCUT2D eigenvalue weighted by atomic mass is 9.46. The van der Waals surface area contributed by atoms with Gasteiger partial charge in [0.25, 0.3) is 0 Å². The van der Waals surface area contributed by atoms with E-state index in [9.17, 15) is 0 Å². The van der Waals surface area contributed by atoms with Crippen LogP contribution in [-0.4, -0.2) is 39.1 Å². The lowest BCUT2D eigenvalue weighted by Crippen LogP contribution is -2.27. The predicted molar refractivity (Wildman–Crippen MR) is 145 cm³/mol. The van der Waals surface area contributed by atoms with E-state index < -0.39 is 6.42 Å². The summed E-state index contributed by atoms with van der Waals surface area (Å²) in [7, 11) is 8.50. The summed E-state index contributed by atoms with van der Waals surface area (Å²) in [6.07, 6.45) is -3.20. The molecule has 3 aromatic rings. The summed E-state index contributed by atoms with van der Waals surface area (Å²) < 4.78 is 16.7. The van der Waals surface area contributed by atoms with Crippen LogP contribution in [0.25, 0.3) is 0 Å². The first-order chi connectivity index (χ1) is 17.5. The van der Waals surface area contributed by atoms with Gasteiger partial charge in [0, 0.05) is 16.7 Å². The maximum atomic E-state index is 15.7. The first-order valence-corrected chi connectivity index (χ1v) is 11.3. The second kappa shape index (κ2) is 13.0. The normalized spacial score (nSPS) is 9.57. The molecule has 3 rings (SSSR count). The fraction of sp³-hybridized carbons (Fsp3) is 0.129. The van der Waals surface area contributed by atoms with E-state index in [1.165, 1.54) is 0 Å². The minimum absolute atomic E-state index is 0.480. The predicted octanol–water partition coefficient (Wildman–Crippen LogP) is 4.61. The van der Waals surface area contributed by atoms with Crippen molar-refractivity contribution in [3.8, 4) is 53.4 Å². The molecule has 0 saturated carbocycles. The van der Waals surface area contributed by atoms with Crippen LogP contribution in [0.5, 0.6) is 0 Å². The standard InChI is InChI=1S/C27H12BFN3.C4H12N/c29-28(16-13-22-1-7-25(19-30)8-2-22,17-14-23-3-9-26(20-31)10-4-23)18-15-24-5-11-27(21-32)12-6-24;1-5(2,3)4/h1-12H;1-4H3/q-1;+1. The van der Waals surface area contributed by atoms with Crippen molar-refractivity contribution in [1.82, 2.24) is 0 Å². The zero-order chi connectivity index (χ0) is 27.3. The van der Waals surface area contributed by atoms with Crippen LogP contribution < -0.4 is 0 Å². The van der Waals surface area contributed by atoms with Gasteiger partial charge in [0.2, 0.25) is 0 Å². The van der Waals surface area contributed by atoms with Crippen LogP contribution >= 0.6 is 0 Å². The van der Waals surface area contributed by atoms with Gasteiger partial charge in [-0.3, -0.25) is 0 Å². The minimum atomic E-state index is -3.20. The second-order valence-corrected chi connectivity index (χ2v) is 9.32. The highest BCUT2D eigenvalue weighted by atomic mass is 19.1. The quantitative estimate of drug-likeness (QED) is 0.267. The van der Waals surface area contributed by atoms with Crippen molar-refractivity contribution in [1.29, 1.82) is 15.8 Å². The summed E-state index contributed by atoms with van der Waals surface area (Å²) in [6, 6.07) is 25.4. The lowest BCUT2D eigenvalue weighted by molar-refractivity contribution is -0.849. The van der Waals surface area contributed by atoms with Crippen molar-refractivity contribution in [3.63, 3.8) is 0 Å². The number of halogens is 1. The third-order valence-electron chi connectivity index (χ3n) is 4.29. The van der Waals surface area contributed by atoms with E-state index in [1.54, 1.807) is 72.8 Å². The highest BCUT2D eigenvalue weighted by molar-refractivity contribution is 6.95. The molecule has 6 heteroatoms. The molecule has 0 radical (unpaired) electrons. The summed E-state index contributed by atoms with van der Waals surface area (Å²) >= 11 is 0. The molecule has 0 N–H and O–H groups in total. The number of nitrogens with zero attached hydrogens (tertiary/aromatic N) is 4. The largest absolute Gasteiger partial charge is 0.472 e. The van der Waals surface area contributed by atoms with Crippen molar-refractivity contribution in [3.05, 3.63) is 106 Å². The van der Waals surface area contributed by atoms with E-state index in [0.717, 1.165) is 4.48 Å². The number of hydrogen-bond acceptors (Lipinski definition) is 3. The molecule has 0 heterocycles. The van der Waals surface area contributed by atoms with Gasteiger partial charge in [0.1, 0.15) is 0 Å². The third kappa shape index (κ3) is 10.7. The average Bonchev–Trinajstić information content (AvgIpc) is 2.90. The van der Waals surface area contributed by atoms with Crippen LogP contribution in [0.1, 0.15) is 33.4 Å². The maximum absolute atomic E-state index is 15.7. The van der Waals surface area contributed by atoms with Gasteiger partial charge in [0.15, 0.2) is 0 Å². The molecule has 0 aromatic heterocycles. The first-order valence-electron chi connectivity index (χ1n) is 11.3. The van der Waals surface area contributed by atoms with Crippen LogP contribution in [0.2, 0.25) is 0 Å². The van der Waals surface area contributed by atoms with Gasteiger partial charge in [-0.15, -0.1) is 17.8 Å². The molecule has 0 atom stereocenters.